The summed E-state index contributed by atoms with van der Waals surface area (Å²) >= 11 is 0. The van der Waals surface area contributed by atoms with Gasteiger partial charge in [0.25, 0.3) is 0 Å². The molecule has 162 valence electrons. The molecule has 0 fully saturated rings. The van der Waals surface area contributed by atoms with Crippen LogP contribution < -0.4 is 5.32 Å². The molecule has 0 atom stereocenters. The Hall–Kier alpha value is -3.20. The lowest BCUT2D eigenvalue weighted by Crippen LogP contribution is -2.07. The second-order valence-electron chi connectivity index (χ2n) is 7.68. The summed E-state index contributed by atoms with van der Waals surface area (Å²) in [6.45, 7) is 21.3. The van der Waals surface area contributed by atoms with Gasteiger partial charge in [0.05, 0.1) is 11.4 Å². The van der Waals surface area contributed by atoms with Crippen molar-refractivity contribution in [2.24, 2.45) is 4.99 Å². The van der Waals surface area contributed by atoms with Crippen molar-refractivity contribution >= 4 is 23.7 Å². The van der Waals surface area contributed by atoms with Gasteiger partial charge in [-0.2, -0.15) is 0 Å². The first-order valence-electron chi connectivity index (χ1n) is 10.6. The van der Waals surface area contributed by atoms with Crippen LogP contribution in [-0.2, 0) is 6.42 Å². The normalized spacial score (nSPS) is 12.2. The van der Waals surface area contributed by atoms with Gasteiger partial charge >= 0.3 is 0 Å². The van der Waals surface area contributed by atoms with Gasteiger partial charge in [-0.25, -0.2) is 4.39 Å². The molecule has 0 unspecified atom stereocenters. The Bertz CT molecular complexity index is 1020. The van der Waals surface area contributed by atoms with E-state index in [-0.39, 0.29) is 5.82 Å². The molecular formula is C28H33FN2. The molecule has 1 N–H and O–H groups in total. The minimum Gasteiger partial charge on any atom is -0.379 e. The van der Waals surface area contributed by atoms with E-state index in [0.717, 1.165) is 40.1 Å². The Morgan fingerprint density at radius 2 is 1.77 bits per heavy atom. The van der Waals surface area contributed by atoms with Gasteiger partial charge in [0.1, 0.15) is 5.82 Å². The van der Waals surface area contributed by atoms with E-state index >= 15 is 0 Å². The minimum absolute atomic E-state index is 0.247. The standard InChI is InChI=1S/C28H33FN2/c1-8-19(3)26(9-2)22(6)21(5)18-31-27-15-10-23(17-28(27)30-7)16-20(4)24-11-13-25(29)14-12-24/h8,10-15,17,31H,4-5,7,9,16,18H2,1-3,6H3/b19-8-,26-22-. The molecule has 2 nitrogen and oxygen atoms in total. The summed E-state index contributed by atoms with van der Waals surface area (Å²) in [5.41, 5.74) is 9.56. The fraction of sp³-hybridized carbons (Fsp3) is 0.250. The highest BCUT2D eigenvalue weighted by Crippen LogP contribution is 2.29. The van der Waals surface area contributed by atoms with Crippen molar-refractivity contribution in [2.75, 3.05) is 11.9 Å². The van der Waals surface area contributed by atoms with Gasteiger partial charge in [-0.05, 0) is 98.0 Å². The van der Waals surface area contributed by atoms with Crippen LogP contribution in [0.5, 0.6) is 0 Å². The van der Waals surface area contributed by atoms with Crippen molar-refractivity contribution < 1.29 is 4.39 Å². The lowest BCUT2D eigenvalue weighted by atomic mass is 9.95. The molecule has 0 bridgehead atoms. The molecule has 2 aromatic carbocycles. The van der Waals surface area contributed by atoms with Gasteiger partial charge < -0.3 is 5.32 Å². The van der Waals surface area contributed by atoms with Gasteiger partial charge in [0.15, 0.2) is 0 Å². The van der Waals surface area contributed by atoms with Gasteiger partial charge in [-0.1, -0.05) is 49.9 Å². The Morgan fingerprint density at radius 3 is 2.35 bits per heavy atom. The van der Waals surface area contributed by atoms with E-state index in [1.165, 1.54) is 28.9 Å². The number of aliphatic imine (C=N–C) groups is 1. The molecule has 3 heteroatoms. The smallest absolute Gasteiger partial charge is 0.123 e. The van der Waals surface area contributed by atoms with Crippen molar-refractivity contribution in [1.29, 1.82) is 0 Å². The highest BCUT2D eigenvalue weighted by atomic mass is 19.1. The van der Waals surface area contributed by atoms with E-state index < -0.39 is 0 Å². The summed E-state index contributed by atoms with van der Waals surface area (Å²) < 4.78 is 13.2. The molecule has 0 aliphatic heterocycles. The molecule has 0 saturated heterocycles. The van der Waals surface area contributed by atoms with Gasteiger partial charge in [0.2, 0.25) is 0 Å². The lowest BCUT2D eigenvalue weighted by Gasteiger charge is -2.16. The fourth-order valence-electron chi connectivity index (χ4n) is 3.56. The van der Waals surface area contributed by atoms with E-state index in [2.05, 4.69) is 70.0 Å². The quantitative estimate of drug-likeness (QED) is 0.307. The number of nitrogens with zero attached hydrogens (tertiary/aromatic N) is 1. The number of allylic oxidation sites excluding steroid dienone is 4. The van der Waals surface area contributed by atoms with Crippen LogP contribution in [0.25, 0.3) is 5.57 Å². The summed E-state index contributed by atoms with van der Waals surface area (Å²) in [6.07, 6.45) is 3.78. The fourth-order valence-corrected chi connectivity index (χ4v) is 3.56. The number of halogens is 1. The molecule has 0 aromatic heterocycles. The topological polar surface area (TPSA) is 24.4 Å². The average Bonchev–Trinajstić information content (AvgIpc) is 2.78. The molecule has 2 aromatic rings. The molecule has 2 rings (SSSR count). The van der Waals surface area contributed by atoms with Crippen LogP contribution in [0.15, 0.2) is 89.0 Å². The van der Waals surface area contributed by atoms with Crippen LogP contribution in [0, 0.1) is 5.82 Å². The monoisotopic (exact) mass is 416 g/mol. The number of hydrogen-bond donors (Lipinski definition) is 1. The van der Waals surface area contributed by atoms with Gasteiger partial charge in [0, 0.05) is 6.54 Å². The Labute approximate surface area is 186 Å². The average molecular weight is 417 g/mol. The van der Waals surface area contributed by atoms with Crippen molar-refractivity contribution in [1.82, 2.24) is 0 Å². The van der Waals surface area contributed by atoms with Gasteiger partial charge in [-0.15, -0.1) is 0 Å². The maximum atomic E-state index is 13.2. The third kappa shape index (κ3) is 6.39. The lowest BCUT2D eigenvalue weighted by molar-refractivity contribution is 0.627. The summed E-state index contributed by atoms with van der Waals surface area (Å²) in [4.78, 5) is 4.20. The molecule has 0 aliphatic carbocycles. The summed E-state index contributed by atoms with van der Waals surface area (Å²) in [5.74, 6) is -0.247. The Morgan fingerprint density at radius 1 is 1.10 bits per heavy atom. The molecule has 0 saturated carbocycles. The SMILES string of the molecule is C=Nc1cc(CC(=C)c2ccc(F)cc2)ccc1NCC(=C)/C(C)=C(CC)\C(C)=C/C. The summed E-state index contributed by atoms with van der Waals surface area (Å²) in [6, 6.07) is 12.5. The number of nitrogens with one attached hydrogen (secondary N) is 1. The first-order chi connectivity index (χ1) is 14.8. The first-order valence-corrected chi connectivity index (χ1v) is 10.6. The number of benzene rings is 2. The van der Waals surface area contributed by atoms with Gasteiger partial charge in [-0.3, -0.25) is 4.99 Å². The van der Waals surface area contributed by atoms with Crippen LogP contribution >= 0.6 is 0 Å². The van der Waals surface area contributed by atoms with Crippen LogP contribution in [0.4, 0.5) is 15.8 Å². The molecule has 31 heavy (non-hydrogen) atoms. The molecule has 0 aliphatic rings. The summed E-state index contributed by atoms with van der Waals surface area (Å²) in [7, 11) is 0. The first kappa shape index (κ1) is 24.1. The van der Waals surface area contributed by atoms with E-state index in [0.29, 0.717) is 13.0 Å². The second-order valence-corrected chi connectivity index (χ2v) is 7.68. The molecule has 0 heterocycles. The van der Waals surface area contributed by atoms with Crippen LogP contribution in [0.3, 0.4) is 0 Å². The zero-order valence-electron chi connectivity index (χ0n) is 19.2. The molecule has 0 amide bonds. The Balaban J connectivity index is 2.12. The number of rotatable bonds is 10. The molecule has 0 radical (unpaired) electrons. The second kappa shape index (κ2) is 11.3. The van der Waals surface area contributed by atoms with Crippen molar-refractivity contribution in [2.45, 2.75) is 40.5 Å². The van der Waals surface area contributed by atoms with Crippen molar-refractivity contribution in [3.63, 3.8) is 0 Å². The van der Waals surface area contributed by atoms with Crippen LogP contribution in [-0.4, -0.2) is 13.3 Å². The molecular weight excluding hydrogens is 383 g/mol. The number of hydrogen-bond acceptors (Lipinski definition) is 2. The third-order valence-electron chi connectivity index (χ3n) is 5.64. The Kier molecular flexibility index (Phi) is 8.75. The van der Waals surface area contributed by atoms with E-state index in [9.17, 15) is 4.39 Å². The molecule has 0 spiro atoms. The predicted octanol–water partition coefficient (Wildman–Crippen LogP) is 8.07. The van der Waals surface area contributed by atoms with Crippen LogP contribution in [0.2, 0.25) is 0 Å². The maximum absolute atomic E-state index is 13.2. The minimum atomic E-state index is -0.247. The maximum Gasteiger partial charge on any atom is 0.123 e. The van der Waals surface area contributed by atoms with Crippen molar-refractivity contribution in [3.8, 4) is 0 Å². The van der Waals surface area contributed by atoms with Crippen LogP contribution in [0.1, 0.15) is 45.2 Å². The van der Waals surface area contributed by atoms with E-state index in [1.807, 2.05) is 12.1 Å². The zero-order chi connectivity index (χ0) is 23.0. The predicted molar refractivity (Wildman–Crippen MR) is 135 cm³/mol. The highest BCUT2D eigenvalue weighted by Gasteiger charge is 2.09. The number of anilines is 1. The largest absolute Gasteiger partial charge is 0.379 e. The van der Waals surface area contributed by atoms with E-state index in [1.54, 1.807) is 12.1 Å². The van der Waals surface area contributed by atoms with E-state index in [4.69, 9.17) is 0 Å². The highest BCUT2D eigenvalue weighted by molar-refractivity contribution is 5.72. The van der Waals surface area contributed by atoms with Crippen molar-refractivity contribution in [3.05, 3.63) is 101 Å². The third-order valence-corrected chi connectivity index (χ3v) is 5.64. The zero-order valence-corrected chi connectivity index (χ0v) is 19.2. The summed E-state index contributed by atoms with van der Waals surface area (Å²) in [5, 5.41) is 3.45.